The summed E-state index contributed by atoms with van der Waals surface area (Å²) >= 11 is 6.11. The molecule has 0 aliphatic heterocycles. The molecule has 110 valence electrons. The molecular formula is C16H18ClN3O. The summed E-state index contributed by atoms with van der Waals surface area (Å²) in [5.74, 6) is 0.114. The standard InChI is InChI=1S/C16H18ClN3O/c1-10-3-6-14(8-15(10)17)19-9-13-5-4-12(7-11(13)2)16(18)20-21/h3-8,19,21H,9H2,1-2H3,(H2,18,20). The summed E-state index contributed by atoms with van der Waals surface area (Å²) in [4.78, 5) is 0. The molecule has 0 bridgehead atoms. The van der Waals surface area contributed by atoms with Crippen molar-refractivity contribution in [1.82, 2.24) is 0 Å². The minimum Gasteiger partial charge on any atom is -0.409 e. The van der Waals surface area contributed by atoms with Gasteiger partial charge in [0.2, 0.25) is 0 Å². The van der Waals surface area contributed by atoms with Gasteiger partial charge in [-0.05, 0) is 48.7 Å². The lowest BCUT2D eigenvalue weighted by atomic mass is 10.0. The second kappa shape index (κ2) is 6.50. The molecule has 0 radical (unpaired) electrons. The Morgan fingerprint density at radius 1 is 1.19 bits per heavy atom. The molecule has 2 rings (SSSR count). The number of anilines is 1. The zero-order valence-electron chi connectivity index (χ0n) is 12.0. The zero-order chi connectivity index (χ0) is 15.4. The summed E-state index contributed by atoms with van der Waals surface area (Å²) in [5, 5.41) is 15.8. The summed E-state index contributed by atoms with van der Waals surface area (Å²) in [6.45, 7) is 4.65. The van der Waals surface area contributed by atoms with Crippen molar-refractivity contribution >= 4 is 23.1 Å². The number of benzene rings is 2. The first kappa shape index (κ1) is 15.2. The van der Waals surface area contributed by atoms with Crippen molar-refractivity contribution in [2.75, 3.05) is 5.32 Å². The third kappa shape index (κ3) is 3.67. The van der Waals surface area contributed by atoms with Crippen molar-refractivity contribution in [3.63, 3.8) is 0 Å². The zero-order valence-corrected chi connectivity index (χ0v) is 12.8. The molecule has 4 nitrogen and oxygen atoms in total. The predicted octanol–water partition coefficient (Wildman–Crippen LogP) is 3.66. The van der Waals surface area contributed by atoms with E-state index >= 15 is 0 Å². The number of nitrogens with one attached hydrogen (secondary N) is 1. The van der Waals surface area contributed by atoms with Gasteiger partial charge in [-0.15, -0.1) is 0 Å². The summed E-state index contributed by atoms with van der Waals surface area (Å²) in [7, 11) is 0. The van der Waals surface area contributed by atoms with Crippen molar-refractivity contribution in [2.24, 2.45) is 10.9 Å². The van der Waals surface area contributed by atoms with Crippen LogP contribution in [0.15, 0.2) is 41.6 Å². The number of hydrogen-bond donors (Lipinski definition) is 3. The number of halogens is 1. The predicted molar refractivity (Wildman–Crippen MR) is 87.2 cm³/mol. The van der Waals surface area contributed by atoms with Gasteiger partial charge >= 0.3 is 0 Å². The molecule has 0 aromatic heterocycles. The molecule has 5 heteroatoms. The molecule has 0 fully saturated rings. The summed E-state index contributed by atoms with van der Waals surface area (Å²) in [5.41, 5.74) is 10.5. The summed E-state index contributed by atoms with van der Waals surface area (Å²) in [6.07, 6.45) is 0. The number of oxime groups is 1. The average molecular weight is 304 g/mol. The van der Waals surface area contributed by atoms with Crippen LogP contribution in [0.5, 0.6) is 0 Å². The normalized spacial score (nSPS) is 11.5. The van der Waals surface area contributed by atoms with Crippen LogP contribution >= 0.6 is 11.6 Å². The van der Waals surface area contributed by atoms with Crippen LogP contribution in [0.2, 0.25) is 5.02 Å². The summed E-state index contributed by atoms with van der Waals surface area (Å²) in [6, 6.07) is 11.6. The lowest BCUT2D eigenvalue weighted by molar-refractivity contribution is 0.318. The number of rotatable bonds is 4. The maximum absolute atomic E-state index is 8.69. The number of amidine groups is 1. The van der Waals surface area contributed by atoms with E-state index in [4.69, 9.17) is 22.5 Å². The SMILES string of the molecule is Cc1ccc(NCc2ccc(/C(N)=N/O)cc2C)cc1Cl. The minimum absolute atomic E-state index is 0.114. The molecule has 0 spiro atoms. The quantitative estimate of drug-likeness (QED) is 0.349. The average Bonchev–Trinajstić information content (AvgIpc) is 2.48. The molecular weight excluding hydrogens is 286 g/mol. The maximum Gasteiger partial charge on any atom is 0.170 e. The maximum atomic E-state index is 8.69. The Kier molecular flexibility index (Phi) is 4.70. The van der Waals surface area contributed by atoms with Crippen LogP contribution in [0.25, 0.3) is 0 Å². The van der Waals surface area contributed by atoms with Crippen molar-refractivity contribution in [3.05, 3.63) is 63.7 Å². The first-order valence-electron chi connectivity index (χ1n) is 6.58. The van der Waals surface area contributed by atoms with Crippen molar-refractivity contribution in [1.29, 1.82) is 0 Å². The van der Waals surface area contributed by atoms with Gasteiger partial charge in [-0.25, -0.2) is 0 Å². The first-order valence-corrected chi connectivity index (χ1v) is 6.96. The molecule has 21 heavy (non-hydrogen) atoms. The Morgan fingerprint density at radius 3 is 2.57 bits per heavy atom. The van der Waals surface area contributed by atoms with Gasteiger partial charge in [0.05, 0.1) is 0 Å². The lowest BCUT2D eigenvalue weighted by Crippen LogP contribution is -2.13. The van der Waals surface area contributed by atoms with Crippen LogP contribution < -0.4 is 11.1 Å². The highest BCUT2D eigenvalue weighted by Gasteiger charge is 2.04. The van der Waals surface area contributed by atoms with Gasteiger partial charge in [-0.1, -0.05) is 35.0 Å². The van der Waals surface area contributed by atoms with Gasteiger partial charge in [0.25, 0.3) is 0 Å². The van der Waals surface area contributed by atoms with E-state index in [-0.39, 0.29) is 5.84 Å². The molecule has 2 aromatic carbocycles. The topological polar surface area (TPSA) is 70.6 Å². The van der Waals surface area contributed by atoms with Crippen molar-refractivity contribution < 1.29 is 5.21 Å². The highest BCUT2D eigenvalue weighted by atomic mass is 35.5. The van der Waals surface area contributed by atoms with E-state index in [0.717, 1.165) is 27.4 Å². The highest BCUT2D eigenvalue weighted by Crippen LogP contribution is 2.21. The van der Waals surface area contributed by atoms with E-state index in [1.165, 1.54) is 0 Å². The molecule has 0 unspecified atom stereocenters. The second-order valence-electron chi connectivity index (χ2n) is 4.94. The van der Waals surface area contributed by atoms with Crippen molar-refractivity contribution in [2.45, 2.75) is 20.4 Å². The van der Waals surface area contributed by atoms with Crippen LogP contribution in [-0.2, 0) is 6.54 Å². The molecule has 0 aliphatic rings. The van der Waals surface area contributed by atoms with E-state index in [1.54, 1.807) is 0 Å². The fraction of sp³-hybridized carbons (Fsp3) is 0.188. The Bertz CT molecular complexity index is 683. The Balaban J connectivity index is 2.11. The number of nitrogens with zero attached hydrogens (tertiary/aromatic N) is 1. The van der Waals surface area contributed by atoms with Crippen LogP contribution in [-0.4, -0.2) is 11.0 Å². The molecule has 0 heterocycles. The van der Waals surface area contributed by atoms with E-state index in [9.17, 15) is 0 Å². The molecule has 0 saturated carbocycles. The third-order valence-corrected chi connectivity index (χ3v) is 3.81. The smallest absolute Gasteiger partial charge is 0.170 e. The lowest BCUT2D eigenvalue weighted by Gasteiger charge is -2.11. The molecule has 0 amide bonds. The molecule has 4 N–H and O–H groups in total. The van der Waals surface area contributed by atoms with E-state index in [0.29, 0.717) is 12.1 Å². The largest absolute Gasteiger partial charge is 0.409 e. The molecule has 0 aliphatic carbocycles. The van der Waals surface area contributed by atoms with Gasteiger partial charge in [0.15, 0.2) is 5.84 Å². The summed E-state index contributed by atoms with van der Waals surface area (Å²) < 4.78 is 0. The van der Waals surface area contributed by atoms with Gasteiger partial charge < -0.3 is 16.3 Å². The molecule has 0 saturated heterocycles. The van der Waals surface area contributed by atoms with Crippen LogP contribution in [0, 0.1) is 13.8 Å². The fourth-order valence-electron chi connectivity index (χ4n) is 2.01. The Morgan fingerprint density at radius 2 is 1.95 bits per heavy atom. The third-order valence-electron chi connectivity index (χ3n) is 3.40. The number of hydrogen-bond acceptors (Lipinski definition) is 3. The molecule has 0 atom stereocenters. The van der Waals surface area contributed by atoms with Gasteiger partial charge in [-0.3, -0.25) is 0 Å². The van der Waals surface area contributed by atoms with Crippen LogP contribution in [0.1, 0.15) is 22.3 Å². The minimum atomic E-state index is 0.114. The van der Waals surface area contributed by atoms with Crippen molar-refractivity contribution in [3.8, 4) is 0 Å². The highest BCUT2D eigenvalue weighted by molar-refractivity contribution is 6.31. The van der Waals surface area contributed by atoms with Crippen LogP contribution in [0.3, 0.4) is 0 Å². The number of nitrogens with two attached hydrogens (primary N) is 1. The van der Waals surface area contributed by atoms with Crippen LogP contribution in [0.4, 0.5) is 5.69 Å². The van der Waals surface area contributed by atoms with E-state index in [1.807, 2.05) is 50.2 Å². The molecule has 2 aromatic rings. The number of aryl methyl sites for hydroxylation is 2. The first-order chi connectivity index (χ1) is 10.0. The monoisotopic (exact) mass is 303 g/mol. The van der Waals surface area contributed by atoms with E-state index in [2.05, 4.69) is 10.5 Å². The van der Waals surface area contributed by atoms with Gasteiger partial charge in [-0.2, -0.15) is 0 Å². The van der Waals surface area contributed by atoms with Gasteiger partial charge in [0, 0.05) is 22.8 Å². The Labute approximate surface area is 129 Å². The van der Waals surface area contributed by atoms with E-state index < -0.39 is 0 Å². The second-order valence-corrected chi connectivity index (χ2v) is 5.35. The fourth-order valence-corrected chi connectivity index (χ4v) is 2.19. The van der Waals surface area contributed by atoms with Gasteiger partial charge in [0.1, 0.15) is 0 Å². The Hall–Kier alpha value is -2.20.